The quantitative estimate of drug-likeness (QED) is 0.460. The van der Waals surface area contributed by atoms with Gasteiger partial charge < -0.3 is 20.1 Å². The van der Waals surface area contributed by atoms with Crippen LogP contribution in [-0.2, 0) is 4.79 Å². The van der Waals surface area contributed by atoms with Crippen molar-refractivity contribution in [2.24, 2.45) is 0 Å². The molecular weight excluding hydrogens is 442 g/mol. The lowest BCUT2D eigenvalue weighted by molar-refractivity contribution is -0.118. The number of rotatable bonds is 10. The van der Waals surface area contributed by atoms with Gasteiger partial charge in [-0.25, -0.2) is 0 Å². The molecule has 0 radical (unpaired) electrons. The van der Waals surface area contributed by atoms with Crippen LogP contribution in [0.3, 0.4) is 0 Å². The van der Waals surface area contributed by atoms with Gasteiger partial charge in [-0.15, -0.1) is 0 Å². The molecule has 3 aromatic rings. The number of anilines is 1. The first-order valence-electron chi connectivity index (χ1n) is 11.9. The molecule has 1 aliphatic heterocycles. The number of carbonyl (C=O) groups is 2. The van der Waals surface area contributed by atoms with Crippen LogP contribution in [0.25, 0.3) is 0 Å². The highest BCUT2D eigenvalue weighted by atomic mass is 16.5. The van der Waals surface area contributed by atoms with Crippen LogP contribution in [0.15, 0.2) is 78.9 Å². The third kappa shape index (κ3) is 6.83. The van der Waals surface area contributed by atoms with Crippen LogP contribution in [-0.4, -0.2) is 50.1 Å². The fourth-order valence-corrected chi connectivity index (χ4v) is 4.23. The normalized spacial score (nSPS) is 14.2. The van der Waals surface area contributed by atoms with Gasteiger partial charge in [-0.3, -0.25) is 14.5 Å². The molecule has 0 unspecified atom stereocenters. The van der Waals surface area contributed by atoms with Crippen molar-refractivity contribution in [3.63, 3.8) is 0 Å². The van der Waals surface area contributed by atoms with Gasteiger partial charge >= 0.3 is 0 Å². The van der Waals surface area contributed by atoms with E-state index in [9.17, 15) is 9.59 Å². The van der Waals surface area contributed by atoms with Gasteiger partial charge in [0, 0.05) is 23.9 Å². The Morgan fingerprint density at radius 2 is 1.66 bits per heavy atom. The number of hydrogen-bond donors (Lipinski definition) is 2. The summed E-state index contributed by atoms with van der Waals surface area (Å²) in [5.41, 5.74) is 2.39. The minimum atomic E-state index is -0.283. The molecule has 1 fully saturated rings. The van der Waals surface area contributed by atoms with Crippen LogP contribution in [0.1, 0.15) is 34.8 Å². The Morgan fingerprint density at radius 1 is 0.914 bits per heavy atom. The van der Waals surface area contributed by atoms with Crippen LogP contribution >= 0.6 is 0 Å². The van der Waals surface area contributed by atoms with Crippen LogP contribution in [0, 0.1) is 0 Å². The molecule has 4 rings (SSSR count). The second-order valence-electron chi connectivity index (χ2n) is 8.47. The van der Waals surface area contributed by atoms with E-state index in [4.69, 9.17) is 9.47 Å². The Morgan fingerprint density at radius 3 is 2.37 bits per heavy atom. The highest BCUT2D eigenvalue weighted by Crippen LogP contribution is 2.24. The minimum Gasteiger partial charge on any atom is -0.497 e. The van der Waals surface area contributed by atoms with E-state index in [2.05, 4.69) is 27.7 Å². The van der Waals surface area contributed by atoms with Gasteiger partial charge in [0.1, 0.15) is 11.5 Å². The first kappa shape index (κ1) is 24.3. The number of likely N-dealkylation sites (tertiary alicyclic amines) is 1. The van der Waals surface area contributed by atoms with E-state index >= 15 is 0 Å². The van der Waals surface area contributed by atoms with E-state index in [0.717, 1.165) is 13.1 Å². The standard InChI is InChI=1S/C28H31N3O4/c1-34-25-11-7-10-23(18-25)30-27(32)20-35-24-14-12-22(13-15-24)28(33)29-19-26(31-16-5-6-17-31)21-8-3-2-4-9-21/h2-4,7-15,18,26H,5-6,16-17,19-20H2,1H3,(H,29,33)(H,30,32)/t26-/m1/s1. The number of methoxy groups -OCH3 is 1. The van der Waals surface area contributed by atoms with Crippen molar-refractivity contribution in [3.05, 3.63) is 90.0 Å². The van der Waals surface area contributed by atoms with Crippen LogP contribution in [0.4, 0.5) is 5.69 Å². The molecule has 1 saturated heterocycles. The summed E-state index contributed by atoms with van der Waals surface area (Å²) in [6, 6.07) is 24.4. The first-order chi connectivity index (χ1) is 17.1. The number of benzene rings is 3. The fraction of sp³-hybridized carbons (Fsp3) is 0.286. The average molecular weight is 474 g/mol. The molecule has 1 aliphatic rings. The van der Waals surface area contributed by atoms with Gasteiger partial charge in [0.25, 0.3) is 11.8 Å². The van der Waals surface area contributed by atoms with E-state index in [1.54, 1.807) is 55.6 Å². The number of nitrogens with zero attached hydrogens (tertiary/aromatic N) is 1. The lowest BCUT2D eigenvalue weighted by Crippen LogP contribution is -2.36. The van der Waals surface area contributed by atoms with Gasteiger partial charge in [-0.1, -0.05) is 36.4 Å². The predicted octanol–water partition coefficient (Wildman–Crippen LogP) is 4.28. The third-order valence-corrected chi connectivity index (χ3v) is 6.06. The van der Waals surface area contributed by atoms with E-state index in [-0.39, 0.29) is 24.5 Å². The largest absolute Gasteiger partial charge is 0.497 e. The molecule has 0 spiro atoms. The van der Waals surface area contributed by atoms with Gasteiger partial charge in [-0.2, -0.15) is 0 Å². The van der Waals surface area contributed by atoms with Crippen molar-refractivity contribution in [1.29, 1.82) is 0 Å². The Bertz CT molecular complexity index is 1110. The highest BCUT2D eigenvalue weighted by Gasteiger charge is 2.24. The predicted molar refractivity (Wildman–Crippen MR) is 136 cm³/mol. The Labute approximate surface area is 206 Å². The zero-order valence-electron chi connectivity index (χ0n) is 19.9. The van der Waals surface area contributed by atoms with Gasteiger partial charge in [-0.05, 0) is 67.9 Å². The summed E-state index contributed by atoms with van der Waals surface area (Å²) in [4.78, 5) is 27.4. The average Bonchev–Trinajstić information content (AvgIpc) is 3.43. The zero-order chi connectivity index (χ0) is 24.5. The molecule has 7 nitrogen and oxygen atoms in total. The molecule has 1 heterocycles. The lowest BCUT2D eigenvalue weighted by atomic mass is 10.1. The zero-order valence-corrected chi connectivity index (χ0v) is 19.9. The summed E-state index contributed by atoms with van der Waals surface area (Å²) >= 11 is 0. The molecule has 0 bridgehead atoms. The van der Waals surface area contributed by atoms with Crippen LogP contribution < -0.4 is 20.1 Å². The second-order valence-corrected chi connectivity index (χ2v) is 8.47. The Hall–Kier alpha value is -3.84. The lowest BCUT2D eigenvalue weighted by Gasteiger charge is -2.28. The summed E-state index contributed by atoms with van der Waals surface area (Å²) in [5.74, 6) is 0.760. The molecule has 0 saturated carbocycles. The second kappa shape index (κ2) is 12.0. The molecule has 1 atom stereocenters. The molecule has 7 heteroatoms. The first-order valence-corrected chi connectivity index (χ1v) is 11.9. The summed E-state index contributed by atoms with van der Waals surface area (Å²) in [6.07, 6.45) is 2.38. The molecule has 2 amide bonds. The molecule has 0 aliphatic carbocycles. The van der Waals surface area contributed by atoms with E-state index < -0.39 is 0 Å². The molecule has 3 aromatic carbocycles. The van der Waals surface area contributed by atoms with Crippen LogP contribution in [0.5, 0.6) is 11.5 Å². The summed E-state index contributed by atoms with van der Waals surface area (Å²) in [6.45, 7) is 2.50. The smallest absolute Gasteiger partial charge is 0.262 e. The molecular formula is C28H31N3O4. The van der Waals surface area contributed by atoms with Crippen molar-refractivity contribution in [3.8, 4) is 11.5 Å². The van der Waals surface area contributed by atoms with Crippen molar-refractivity contribution in [2.75, 3.05) is 38.7 Å². The van der Waals surface area contributed by atoms with E-state index in [0.29, 0.717) is 29.3 Å². The monoisotopic (exact) mass is 473 g/mol. The third-order valence-electron chi connectivity index (χ3n) is 6.06. The molecule has 35 heavy (non-hydrogen) atoms. The van der Waals surface area contributed by atoms with E-state index in [1.807, 2.05) is 18.2 Å². The summed E-state index contributed by atoms with van der Waals surface area (Å²) in [5, 5.41) is 5.85. The minimum absolute atomic E-state index is 0.132. The number of hydrogen-bond acceptors (Lipinski definition) is 5. The fourth-order valence-electron chi connectivity index (χ4n) is 4.23. The number of carbonyl (C=O) groups excluding carboxylic acids is 2. The maximum Gasteiger partial charge on any atom is 0.262 e. The molecule has 2 N–H and O–H groups in total. The van der Waals surface area contributed by atoms with Crippen molar-refractivity contribution in [1.82, 2.24) is 10.2 Å². The van der Waals surface area contributed by atoms with Crippen molar-refractivity contribution >= 4 is 17.5 Å². The maximum atomic E-state index is 12.8. The Kier molecular flexibility index (Phi) is 8.35. The van der Waals surface area contributed by atoms with Crippen molar-refractivity contribution < 1.29 is 19.1 Å². The topological polar surface area (TPSA) is 79.9 Å². The van der Waals surface area contributed by atoms with Gasteiger partial charge in [0.05, 0.1) is 13.2 Å². The SMILES string of the molecule is COc1cccc(NC(=O)COc2ccc(C(=O)NC[C@H](c3ccccc3)N3CCCC3)cc2)c1. The number of amides is 2. The van der Waals surface area contributed by atoms with Gasteiger partial charge in [0.15, 0.2) is 6.61 Å². The molecule has 182 valence electrons. The Balaban J connectivity index is 1.28. The number of nitrogens with one attached hydrogen (secondary N) is 2. The van der Waals surface area contributed by atoms with Crippen molar-refractivity contribution in [2.45, 2.75) is 18.9 Å². The van der Waals surface area contributed by atoms with Gasteiger partial charge in [0.2, 0.25) is 0 Å². The number of ether oxygens (including phenoxy) is 2. The van der Waals surface area contributed by atoms with Crippen LogP contribution in [0.2, 0.25) is 0 Å². The summed E-state index contributed by atoms with van der Waals surface area (Å²) in [7, 11) is 1.57. The van der Waals surface area contributed by atoms with E-state index in [1.165, 1.54) is 18.4 Å². The maximum absolute atomic E-state index is 12.8. The summed E-state index contributed by atoms with van der Waals surface area (Å²) < 4.78 is 10.7. The highest BCUT2D eigenvalue weighted by molar-refractivity contribution is 5.94. The molecule has 0 aromatic heterocycles.